The third kappa shape index (κ3) is 9.53. The molecule has 0 fully saturated rings. The number of aryl methyl sites for hydroxylation is 7. The van der Waals surface area contributed by atoms with Crippen LogP contribution in [-0.2, 0) is 20.2 Å². The van der Waals surface area contributed by atoms with Crippen molar-refractivity contribution in [3.05, 3.63) is 130 Å². The minimum absolute atomic E-state index is 0.0187. The first-order valence-corrected chi connectivity index (χ1v) is 19.2. The number of amides is 4. The number of hydrogen-bond acceptors (Lipinski definition) is 8. The van der Waals surface area contributed by atoms with E-state index in [1.807, 2.05) is 13.8 Å². The molecule has 14 heteroatoms. The average molecular weight is 757 g/mol. The van der Waals surface area contributed by atoms with E-state index in [0.717, 1.165) is 11.1 Å². The van der Waals surface area contributed by atoms with E-state index >= 15 is 0 Å². The third-order valence-corrected chi connectivity index (χ3v) is 11.2. The summed E-state index contributed by atoms with van der Waals surface area (Å²) >= 11 is 0. The molecular formula is C39H40N4O8S2. The molecule has 4 amide bonds. The molecule has 0 unspecified atom stereocenters. The van der Waals surface area contributed by atoms with E-state index < -0.39 is 32.3 Å². The normalized spacial score (nSPS) is 11.4. The molecule has 0 aliphatic heterocycles. The first kappa shape index (κ1) is 38.4. The fraction of sp³-hybridized carbons (Fsp3) is 0.179. The van der Waals surface area contributed by atoms with Gasteiger partial charge >= 0.3 is 32.3 Å². The standard InChI is InChI=1S/C39H40N4O8S2/c1-23-16-26(4)36(27(5)17-23)52(46,47)50-33-12-8-10-30(20-33)40-38(44)42-32-15-14-25(3)35(22-32)43-39(45)41-31-11-9-13-34(21-31)51-53(48,49)37-28(6)18-24(2)19-29(37)7/h8-22H,1-7H3,(H2,40,42,44)(H2,41,43,45). The van der Waals surface area contributed by atoms with Crippen molar-refractivity contribution in [3.8, 4) is 11.5 Å². The van der Waals surface area contributed by atoms with Crippen molar-refractivity contribution in [1.29, 1.82) is 0 Å². The largest absolute Gasteiger partial charge is 0.379 e. The lowest BCUT2D eigenvalue weighted by Gasteiger charge is -2.15. The SMILES string of the molecule is Cc1cc(C)c(S(=O)(=O)Oc2cccc(NC(=O)Nc3ccc(C)c(NC(=O)Nc4cccc(OS(=O)(=O)c5c(C)cc(C)cc5C)c4)c3)c2)c(C)c1. The molecule has 0 heterocycles. The van der Waals surface area contributed by atoms with Crippen molar-refractivity contribution in [2.24, 2.45) is 0 Å². The number of urea groups is 2. The van der Waals surface area contributed by atoms with E-state index in [0.29, 0.717) is 39.2 Å². The molecule has 0 aliphatic carbocycles. The van der Waals surface area contributed by atoms with Gasteiger partial charge in [0.2, 0.25) is 0 Å². The second kappa shape index (κ2) is 15.4. The minimum atomic E-state index is -4.15. The Morgan fingerprint density at radius 2 is 0.830 bits per heavy atom. The molecule has 0 saturated heterocycles. The molecule has 0 aliphatic rings. The smallest absolute Gasteiger partial charge is 0.339 e. The van der Waals surface area contributed by atoms with Crippen LogP contribution in [0.2, 0.25) is 0 Å². The van der Waals surface area contributed by atoms with Crippen molar-refractivity contribution in [2.45, 2.75) is 58.3 Å². The van der Waals surface area contributed by atoms with E-state index in [-0.39, 0.29) is 32.7 Å². The highest BCUT2D eigenvalue weighted by Gasteiger charge is 2.24. The second-order valence-electron chi connectivity index (χ2n) is 12.8. The van der Waals surface area contributed by atoms with E-state index in [9.17, 15) is 26.4 Å². The van der Waals surface area contributed by atoms with Crippen molar-refractivity contribution in [2.75, 3.05) is 21.3 Å². The molecule has 0 spiro atoms. The highest BCUT2D eigenvalue weighted by atomic mass is 32.2. The van der Waals surface area contributed by atoms with Crippen LogP contribution in [0, 0.1) is 48.5 Å². The van der Waals surface area contributed by atoms with Gasteiger partial charge in [-0.2, -0.15) is 16.8 Å². The number of rotatable bonds is 10. The zero-order valence-electron chi connectivity index (χ0n) is 30.2. The van der Waals surface area contributed by atoms with Gasteiger partial charge in [0.05, 0.1) is 0 Å². The summed E-state index contributed by atoms with van der Waals surface area (Å²) in [6.45, 7) is 12.4. The van der Waals surface area contributed by atoms with E-state index in [1.165, 1.54) is 24.3 Å². The van der Waals surface area contributed by atoms with Crippen molar-refractivity contribution in [3.63, 3.8) is 0 Å². The van der Waals surface area contributed by atoms with Gasteiger partial charge in [-0.15, -0.1) is 0 Å². The molecule has 5 rings (SSSR count). The Morgan fingerprint density at radius 1 is 0.453 bits per heavy atom. The molecule has 276 valence electrons. The van der Waals surface area contributed by atoms with Crippen molar-refractivity contribution in [1.82, 2.24) is 0 Å². The monoisotopic (exact) mass is 756 g/mol. The highest BCUT2D eigenvalue weighted by Crippen LogP contribution is 2.29. The first-order chi connectivity index (χ1) is 24.9. The van der Waals surface area contributed by atoms with Crippen molar-refractivity contribution >= 4 is 55.0 Å². The van der Waals surface area contributed by atoms with Crippen molar-refractivity contribution < 1.29 is 34.8 Å². The number of carbonyl (C=O) groups excluding carboxylic acids is 2. The predicted molar refractivity (Wildman–Crippen MR) is 206 cm³/mol. The molecule has 12 nitrogen and oxygen atoms in total. The highest BCUT2D eigenvalue weighted by molar-refractivity contribution is 7.87. The zero-order chi connectivity index (χ0) is 38.7. The van der Waals surface area contributed by atoms with Gasteiger partial charge in [0.15, 0.2) is 0 Å². The molecular weight excluding hydrogens is 717 g/mol. The predicted octanol–water partition coefficient (Wildman–Crippen LogP) is 8.67. The Hall–Kier alpha value is -5.86. The lowest BCUT2D eigenvalue weighted by Crippen LogP contribution is -2.21. The van der Waals surface area contributed by atoms with Gasteiger partial charge in [-0.05, 0) is 113 Å². The number of hydrogen-bond donors (Lipinski definition) is 4. The summed E-state index contributed by atoms with van der Waals surface area (Å²) in [5.41, 5.74) is 6.13. The summed E-state index contributed by atoms with van der Waals surface area (Å²) < 4.78 is 63.4. The van der Waals surface area contributed by atoms with Gasteiger partial charge in [0.25, 0.3) is 0 Å². The summed E-state index contributed by atoms with van der Waals surface area (Å²) in [5.74, 6) is 0.0379. The van der Waals surface area contributed by atoms with E-state index in [2.05, 4.69) is 21.3 Å². The van der Waals surface area contributed by atoms with Crippen LogP contribution in [0.3, 0.4) is 0 Å². The van der Waals surface area contributed by atoms with Crippen LogP contribution in [0.5, 0.6) is 11.5 Å². The van der Waals surface area contributed by atoms with Gasteiger partial charge < -0.3 is 29.6 Å². The molecule has 5 aromatic rings. The van der Waals surface area contributed by atoms with Crippen LogP contribution < -0.4 is 29.6 Å². The Labute approximate surface area is 309 Å². The van der Waals surface area contributed by atoms with Crippen LogP contribution in [-0.4, -0.2) is 28.9 Å². The van der Waals surface area contributed by atoms with E-state index in [4.69, 9.17) is 8.37 Å². The molecule has 4 N–H and O–H groups in total. The molecule has 0 radical (unpaired) electrons. The number of carbonyl (C=O) groups is 2. The van der Waals surface area contributed by atoms with Crippen LogP contribution >= 0.6 is 0 Å². The second-order valence-corrected chi connectivity index (χ2v) is 15.7. The average Bonchev–Trinajstić information content (AvgIpc) is 3.01. The first-order valence-electron chi connectivity index (χ1n) is 16.4. The quantitative estimate of drug-likeness (QED) is 0.103. The lowest BCUT2D eigenvalue weighted by atomic mass is 10.1. The Balaban J connectivity index is 1.21. The minimum Gasteiger partial charge on any atom is -0.379 e. The molecule has 0 bridgehead atoms. The summed E-state index contributed by atoms with van der Waals surface area (Å²) in [7, 11) is -8.30. The van der Waals surface area contributed by atoms with Gasteiger partial charge in [-0.25, -0.2) is 9.59 Å². The Kier molecular flexibility index (Phi) is 11.1. The number of anilines is 4. The third-order valence-electron chi connectivity index (χ3n) is 8.05. The maximum atomic E-state index is 13.1. The zero-order valence-corrected chi connectivity index (χ0v) is 31.9. The molecule has 0 aromatic heterocycles. The number of benzene rings is 5. The van der Waals surface area contributed by atoms with Crippen LogP contribution in [0.1, 0.15) is 38.9 Å². The maximum absolute atomic E-state index is 13.1. The molecule has 0 saturated carbocycles. The molecule has 0 atom stereocenters. The van der Waals surface area contributed by atoms with Gasteiger partial charge in [0, 0.05) is 34.9 Å². The molecule has 5 aromatic carbocycles. The Morgan fingerprint density at radius 3 is 1.25 bits per heavy atom. The summed E-state index contributed by atoms with van der Waals surface area (Å²) in [6, 6.07) is 22.7. The summed E-state index contributed by atoms with van der Waals surface area (Å²) in [4.78, 5) is 26.1. The fourth-order valence-corrected chi connectivity index (χ4v) is 8.82. The van der Waals surface area contributed by atoms with Gasteiger partial charge in [-0.3, -0.25) is 0 Å². The fourth-order valence-electron chi connectivity index (χ4n) is 6.12. The van der Waals surface area contributed by atoms with Crippen LogP contribution in [0.4, 0.5) is 32.3 Å². The van der Waals surface area contributed by atoms with E-state index in [1.54, 1.807) is 101 Å². The van der Waals surface area contributed by atoms with Crippen LogP contribution in [0.25, 0.3) is 0 Å². The maximum Gasteiger partial charge on any atom is 0.339 e. The van der Waals surface area contributed by atoms with Gasteiger partial charge in [-0.1, -0.05) is 53.6 Å². The summed E-state index contributed by atoms with van der Waals surface area (Å²) in [5, 5.41) is 10.8. The molecule has 53 heavy (non-hydrogen) atoms. The Bertz CT molecular complexity index is 2420. The number of nitrogens with one attached hydrogen (secondary N) is 4. The summed E-state index contributed by atoms with van der Waals surface area (Å²) in [6.07, 6.45) is 0. The van der Waals surface area contributed by atoms with Crippen LogP contribution in [0.15, 0.2) is 101 Å². The topological polar surface area (TPSA) is 169 Å². The lowest BCUT2D eigenvalue weighted by molar-refractivity contribution is 0.261. The van der Waals surface area contributed by atoms with Gasteiger partial charge in [0.1, 0.15) is 21.3 Å².